The van der Waals surface area contributed by atoms with Gasteiger partial charge in [-0.1, -0.05) is 18.2 Å². The number of aryl methyl sites for hydroxylation is 1. The first kappa shape index (κ1) is 12.3. The average molecular weight is 273 g/mol. The van der Waals surface area contributed by atoms with Gasteiger partial charge in [-0.15, -0.1) is 11.8 Å². The van der Waals surface area contributed by atoms with Crippen LogP contribution in [0, 0.1) is 0 Å². The third-order valence-corrected chi connectivity index (χ3v) is 3.99. The minimum atomic E-state index is -0.113. The van der Waals surface area contributed by atoms with Gasteiger partial charge in [0.2, 0.25) is 0 Å². The van der Waals surface area contributed by atoms with Crippen molar-refractivity contribution < 1.29 is 4.42 Å². The third kappa shape index (κ3) is 2.67. The van der Waals surface area contributed by atoms with E-state index in [0.717, 1.165) is 27.4 Å². The van der Waals surface area contributed by atoms with Gasteiger partial charge in [-0.05, 0) is 12.1 Å². The van der Waals surface area contributed by atoms with Gasteiger partial charge in [0.1, 0.15) is 11.3 Å². The second-order valence-corrected chi connectivity index (χ2v) is 5.55. The normalized spacial score (nSPS) is 12.9. The molecule has 0 saturated carbocycles. The van der Waals surface area contributed by atoms with Crippen LogP contribution in [-0.4, -0.2) is 15.5 Å². The minimum absolute atomic E-state index is 0.113. The Balaban J connectivity index is 1.71. The maximum Gasteiger partial charge on any atom is 0.134 e. The predicted octanol–water partition coefficient (Wildman–Crippen LogP) is 2.96. The molecule has 0 aliphatic rings. The molecule has 2 N–H and O–H groups in total. The standard InChI is InChI=1S/C14H15N3OS/c1-17-8-11(7-16-17)19-9-12(15)14-6-10-4-2-3-5-13(10)18-14/h2-8,12H,9,15H2,1H3. The lowest BCUT2D eigenvalue weighted by molar-refractivity contribution is 0.516. The Bertz CT molecular complexity index is 656. The number of fused-ring (bicyclic) bond motifs is 1. The highest BCUT2D eigenvalue weighted by molar-refractivity contribution is 7.99. The molecule has 0 spiro atoms. The van der Waals surface area contributed by atoms with Gasteiger partial charge in [-0.2, -0.15) is 5.10 Å². The summed E-state index contributed by atoms with van der Waals surface area (Å²) in [6, 6.07) is 9.85. The lowest BCUT2D eigenvalue weighted by Gasteiger charge is -2.06. The van der Waals surface area contributed by atoms with Crippen molar-refractivity contribution in [3.8, 4) is 0 Å². The number of rotatable bonds is 4. The molecule has 3 rings (SSSR count). The lowest BCUT2D eigenvalue weighted by atomic mass is 10.2. The lowest BCUT2D eigenvalue weighted by Crippen LogP contribution is -2.11. The summed E-state index contributed by atoms with van der Waals surface area (Å²) >= 11 is 1.69. The molecule has 4 nitrogen and oxygen atoms in total. The first-order valence-electron chi connectivity index (χ1n) is 6.08. The van der Waals surface area contributed by atoms with Gasteiger partial charge < -0.3 is 10.2 Å². The summed E-state index contributed by atoms with van der Waals surface area (Å²) in [4.78, 5) is 1.12. The molecule has 0 fully saturated rings. The van der Waals surface area contributed by atoms with Crippen LogP contribution in [0.2, 0.25) is 0 Å². The number of furan rings is 1. The summed E-state index contributed by atoms with van der Waals surface area (Å²) in [6.07, 6.45) is 3.83. The van der Waals surface area contributed by atoms with Crippen molar-refractivity contribution in [1.82, 2.24) is 9.78 Å². The van der Waals surface area contributed by atoms with Crippen LogP contribution in [-0.2, 0) is 7.05 Å². The molecule has 0 saturated heterocycles. The van der Waals surface area contributed by atoms with E-state index in [4.69, 9.17) is 10.2 Å². The van der Waals surface area contributed by atoms with Crippen molar-refractivity contribution in [1.29, 1.82) is 0 Å². The van der Waals surface area contributed by atoms with Crippen molar-refractivity contribution in [2.45, 2.75) is 10.9 Å². The summed E-state index contributed by atoms with van der Waals surface area (Å²) in [5.41, 5.74) is 7.06. The van der Waals surface area contributed by atoms with Gasteiger partial charge >= 0.3 is 0 Å². The maximum atomic E-state index is 6.17. The number of nitrogens with two attached hydrogens (primary N) is 1. The monoisotopic (exact) mass is 273 g/mol. The molecule has 0 radical (unpaired) electrons. The number of aromatic nitrogens is 2. The molecule has 1 aromatic carbocycles. The Morgan fingerprint density at radius 1 is 1.42 bits per heavy atom. The van der Waals surface area contributed by atoms with Crippen LogP contribution in [0.1, 0.15) is 11.8 Å². The summed E-state index contributed by atoms with van der Waals surface area (Å²) in [7, 11) is 1.91. The second kappa shape index (κ2) is 5.11. The third-order valence-electron chi connectivity index (χ3n) is 2.92. The Morgan fingerprint density at radius 2 is 2.26 bits per heavy atom. The van der Waals surface area contributed by atoms with E-state index in [-0.39, 0.29) is 6.04 Å². The predicted molar refractivity (Wildman–Crippen MR) is 77.1 cm³/mol. The molecule has 98 valence electrons. The number of benzene rings is 1. The molecule has 1 atom stereocenters. The highest BCUT2D eigenvalue weighted by Gasteiger charge is 2.12. The Morgan fingerprint density at radius 3 is 3.00 bits per heavy atom. The quantitative estimate of drug-likeness (QED) is 0.742. The smallest absolute Gasteiger partial charge is 0.134 e. The molecule has 3 aromatic rings. The van der Waals surface area contributed by atoms with Gasteiger partial charge in [0.15, 0.2) is 0 Å². The van der Waals surface area contributed by atoms with Crippen LogP contribution in [0.3, 0.4) is 0 Å². The van der Waals surface area contributed by atoms with E-state index in [1.165, 1.54) is 0 Å². The largest absolute Gasteiger partial charge is 0.459 e. The topological polar surface area (TPSA) is 57.0 Å². The van der Waals surface area contributed by atoms with Crippen molar-refractivity contribution in [3.05, 3.63) is 48.5 Å². The maximum absolute atomic E-state index is 6.17. The fraction of sp³-hybridized carbons (Fsp3) is 0.214. The van der Waals surface area contributed by atoms with Crippen molar-refractivity contribution >= 4 is 22.7 Å². The number of thioether (sulfide) groups is 1. The highest BCUT2D eigenvalue weighted by atomic mass is 32.2. The van der Waals surface area contributed by atoms with E-state index in [1.54, 1.807) is 16.4 Å². The van der Waals surface area contributed by atoms with Crippen molar-refractivity contribution in [2.24, 2.45) is 12.8 Å². The molecular weight excluding hydrogens is 258 g/mol. The van der Waals surface area contributed by atoms with Crippen LogP contribution in [0.5, 0.6) is 0 Å². The molecule has 5 heteroatoms. The van der Waals surface area contributed by atoms with Gasteiger partial charge in [-0.3, -0.25) is 4.68 Å². The molecule has 0 amide bonds. The van der Waals surface area contributed by atoms with Gasteiger partial charge in [0, 0.05) is 29.3 Å². The molecule has 0 aliphatic carbocycles. The summed E-state index contributed by atoms with van der Waals surface area (Å²) in [5, 5.41) is 5.23. The van der Waals surface area contributed by atoms with Crippen LogP contribution in [0.15, 0.2) is 52.0 Å². The average Bonchev–Trinajstić information content (AvgIpc) is 3.01. The molecule has 19 heavy (non-hydrogen) atoms. The van der Waals surface area contributed by atoms with E-state index < -0.39 is 0 Å². The minimum Gasteiger partial charge on any atom is -0.459 e. The SMILES string of the molecule is Cn1cc(SCC(N)c2cc3ccccc3o2)cn1. The van der Waals surface area contributed by atoms with Crippen molar-refractivity contribution in [3.63, 3.8) is 0 Å². The molecule has 0 bridgehead atoms. The van der Waals surface area contributed by atoms with Gasteiger partial charge in [0.05, 0.1) is 12.2 Å². The molecule has 0 aliphatic heterocycles. The van der Waals surface area contributed by atoms with Gasteiger partial charge in [0.25, 0.3) is 0 Å². The number of nitrogens with zero attached hydrogens (tertiary/aromatic N) is 2. The zero-order chi connectivity index (χ0) is 13.2. The summed E-state index contributed by atoms with van der Waals surface area (Å²) in [6.45, 7) is 0. The Hall–Kier alpha value is -1.72. The number of hydrogen-bond donors (Lipinski definition) is 1. The second-order valence-electron chi connectivity index (χ2n) is 4.45. The Kier molecular flexibility index (Phi) is 3.31. The number of hydrogen-bond acceptors (Lipinski definition) is 4. The summed E-state index contributed by atoms with van der Waals surface area (Å²) < 4.78 is 7.55. The van der Waals surface area contributed by atoms with Crippen LogP contribution >= 0.6 is 11.8 Å². The number of para-hydroxylation sites is 1. The molecule has 2 aromatic heterocycles. The first-order chi connectivity index (χ1) is 9.22. The van der Waals surface area contributed by atoms with E-state index in [1.807, 2.05) is 49.8 Å². The van der Waals surface area contributed by atoms with E-state index in [2.05, 4.69) is 5.10 Å². The van der Waals surface area contributed by atoms with E-state index >= 15 is 0 Å². The molecular formula is C14H15N3OS. The summed E-state index contributed by atoms with van der Waals surface area (Å²) in [5.74, 6) is 1.60. The van der Waals surface area contributed by atoms with E-state index in [0.29, 0.717) is 0 Å². The van der Waals surface area contributed by atoms with E-state index in [9.17, 15) is 0 Å². The molecule has 1 unspecified atom stereocenters. The first-order valence-corrected chi connectivity index (χ1v) is 7.06. The fourth-order valence-electron chi connectivity index (χ4n) is 1.93. The fourth-order valence-corrected chi connectivity index (χ4v) is 2.81. The van der Waals surface area contributed by atoms with Crippen molar-refractivity contribution in [2.75, 3.05) is 5.75 Å². The molecule has 2 heterocycles. The Labute approximate surface area is 115 Å². The van der Waals surface area contributed by atoms with Crippen LogP contribution in [0.25, 0.3) is 11.0 Å². The highest BCUT2D eigenvalue weighted by Crippen LogP contribution is 2.27. The zero-order valence-electron chi connectivity index (χ0n) is 10.6. The van der Waals surface area contributed by atoms with Gasteiger partial charge in [-0.25, -0.2) is 0 Å². The van der Waals surface area contributed by atoms with Crippen LogP contribution in [0.4, 0.5) is 0 Å². The zero-order valence-corrected chi connectivity index (χ0v) is 11.4. The van der Waals surface area contributed by atoms with Crippen LogP contribution < -0.4 is 5.73 Å².